The first kappa shape index (κ1) is 18.2. The predicted molar refractivity (Wildman–Crippen MR) is 102 cm³/mol. The van der Waals surface area contributed by atoms with Crippen molar-refractivity contribution in [3.63, 3.8) is 0 Å². The minimum Gasteiger partial charge on any atom is -0.497 e. The highest BCUT2D eigenvalue weighted by Crippen LogP contribution is 2.20. The lowest BCUT2D eigenvalue weighted by molar-refractivity contribution is 0.0672. The quantitative estimate of drug-likeness (QED) is 0.689. The van der Waals surface area contributed by atoms with E-state index >= 15 is 0 Å². The van der Waals surface area contributed by atoms with E-state index in [9.17, 15) is 0 Å². The Morgan fingerprint density at radius 3 is 2.48 bits per heavy atom. The van der Waals surface area contributed by atoms with Gasteiger partial charge in [-0.05, 0) is 61.2 Å². The summed E-state index contributed by atoms with van der Waals surface area (Å²) in [5.41, 5.74) is 2.53. The smallest absolute Gasteiger partial charge is 0.118 e. The van der Waals surface area contributed by atoms with Gasteiger partial charge in [0.15, 0.2) is 0 Å². The zero-order valence-corrected chi connectivity index (χ0v) is 15.5. The largest absolute Gasteiger partial charge is 0.497 e. The van der Waals surface area contributed by atoms with E-state index in [1.807, 2.05) is 36.4 Å². The maximum atomic E-state index is 5.95. The fraction of sp³-hybridized carbons (Fsp3) is 0.429. The van der Waals surface area contributed by atoms with E-state index in [0.717, 1.165) is 30.3 Å². The van der Waals surface area contributed by atoms with Crippen molar-refractivity contribution in [1.29, 1.82) is 0 Å². The highest BCUT2D eigenvalue weighted by Gasteiger charge is 2.24. The fourth-order valence-electron chi connectivity index (χ4n) is 3.34. The second kappa shape index (κ2) is 9.23. The molecule has 1 saturated heterocycles. The summed E-state index contributed by atoms with van der Waals surface area (Å²) < 4.78 is 11.2. The van der Waals surface area contributed by atoms with E-state index in [1.165, 1.54) is 30.5 Å². The van der Waals surface area contributed by atoms with Crippen LogP contribution in [-0.2, 0) is 17.8 Å². The lowest BCUT2D eigenvalue weighted by atomic mass is 10.1. The molecule has 2 aromatic carbocycles. The van der Waals surface area contributed by atoms with Crippen molar-refractivity contribution in [3.8, 4) is 5.75 Å². The molecule has 1 aliphatic rings. The van der Waals surface area contributed by atoms with Crippen LogP contribution in [0.15, 0.2) is 48.5 Å². The van der Waals surface area contributed by atoms with Crippen LogP contribution in [0.2, 0.25) is 5.02 Å². The summed E-state index contributed by atoms with van der Waals surface area (Å²) in [6.45, 7) is 3.71. The molecule has 0 saturated carbocycles. The van der Waals surface area contributed by atoms with Crippen molar-refractivity contribution in [1.82, 2.24) is 4.90 Å². The molecule has 0 bridgehead atoms. The van der Waals surface area contributed by atoms with E-state index < -0.39 is 0 Å². The van der Waals surface area contributed by atoms with Crippen molar-refractivity contribution in [2.45, 2.75) is 31.9 Å². The molecule has 3 nitrogen and oxygen atoms in total. The number of rotatable bonds is 8. The van der Waals surface area contributed by atoms with Crippen LogP contribution in [0.3, 0.4) is 0 Å². The van der Waals surface area contributed by atoms with Gasteiger partial charge in [0.1, 0.15) is 5.75 Å². The van der Waals surface area contributed by atoms with Crippen LogP contribution in [0.1, 0.15) is 24.0 Å². The summed E-state index contributed by atoms with van der Waals surface area (Å²) in [6.07, 6.45) is 3.55. The number of hydrogen-bond acceptors (Lipinski definition) is 3. The Labute approximate surface area is 155 Å². The molecular weight excluding hydrogens is 334 g/mol. The molecule has 0 unspecified atom stereocenters. The molecule has 3 rings (SSSR count). The molecule has 4 heteroatoms. The van der Waals surface area contributed by atoms with Gasteiger partial charge in [-0.15, -0.1) is 0 Å². The molecule has 0 radical (unpaired) electrons. The Morgan fingerprint density at radius 1 is 1.04 bits per heavy atom. The number of methoxy groups -OCH3 is 1. The first-order valence-corrected chi connectivity index (χ1v) is 9.31. The van der Waals surface area contributed by atoms with Crippen molar-refractivity contribution in [3.05, 3.63) is 64.7 Å². The molecular formula is C21H26ClNO2. The van der Waals surface area contributed by atoms with Gasteiger partial charge in [-0.25, -0.2) is 0 Å². The fourth-order valence-corrected chi connectivity index (χ4v) is 3.46. The zero-order chi connectivity index (χ0) is 17.5. The van der Waals surface area contributed by atoms with Crippen LogP contribution in [0.25, 0.3) is 0 Å². The molecule has 134 valence electrons. The third-order valence-corrected chi connectivity index (χ3v) is 5.09. The Kier molecular flexibility index (Phi) is 6.74. The number of ether oxygens (including phenoxy) is 2. The first-order chi connectivity index (χ1) is 12.2. The topological polar surface area (TPSA) is 21.7 Å². The first-order valence-electron chi connectivity index (χ1n) is 8.94. The molecule has 1 aliphatic heterocycles. The summed E-state index contributed by atoms with van der Waals surface area (Å²) in [5.74, 6) is 0.915. The molecule has 0 aliphatic carbocycles. The van der Waals surface area contributed by atoms with Crippen molar-refractivity contribution >= 4 is 11.6 Å². The van der Waals surface area contributed by atoms with Crippen molar-refractivity contribution < 1.29 is 9.47 Å². The van der Waals surface area contributed by atoms with Gasteiger partial charge in [0.25, 0.3) is 0 Å². The minimum absolute atomic E-state index is 0.533. The summed E-state index contributed by atoms with van der Waals surface area (Å²) in [7, 11) is 1.70. The van der Waals surface area contributed by atoms with Crippen LogP contribution >= 0.6 is 11.6 Å². The van der Waals surface area contributed by atoms with Crippen LogP contribution in [0.4, 0.5) is 0 Å². The van der Waals surface area contributed by atoms with Gasteiger partial charge in [0.05, 0.1) is 20.3 Å². The number of hydrogen-bond donors (Lipinski definition) is 0. The zero-order valence-electron chi connectivity index (χ0n) is 14.8. The molecule has 0 N–H and O–H groups in total. The molecule has 1 atom stereocenters. The molecule has 0 aromatic heterocycles. The SMILES string of the molecule is COc1ccc(CCN2CCC[C@H]2COCc2ccc(Cl)cc2)cc1. The second-order valence-corrected chi connectivity index (χ2v) is 7.01. The van der Waals surface area contributed by atoms with Crippen molar-refractivity contribution in [2.24, 2.45) is 0 Å². The molecule has 0 amide bonds. The second-order valence-electron chi connectivity index (χ2n) is 6.57. The molecule has 25 heavy (non-hydrogen) atoms. The average molecular weight is 360 g/mol. The summed E-state index contributed by atoms with van der Waals surface area (Å²) in [6, 6.07) is 16.8. The normalized spacial score (nSPS) is 17.8. The third kappa shape index (κ3) is 5.46. The van der Waals surface area contributed by atoms with E-state index in [2.05, 4.69) is 17.0 Å². The Hall–Kier alpha value is -1.55. The molecule has 2 aromatic rings. The summed E-state index contributed by atoms with van der Waals surface area (Å²) in [5, 5.41) is 0.768. The van der Waals surface area contributed by atoms with Crippen molar-refractivity contribution in [2.75, 3.05) is 26.8 Å². The standard InChI is InChI=1S/C21H26ClNO2/c1-24-21-10-6-17(7-11-21)12-14-23-13-2-3-20(23)16-25-15-18-4-8-19(22)9-5-18/h4-11,20H,2-3,12-16H2,1H3/t20-/m0/s1. The number of nitrogens with zero attached hydrogens (tertiary/aromatic N) is 1. The Morgan fingerprint density at radius 2 is 1.76 bits per heavy atom. The van der Waals surface area contributed by atoms with Gasteiger partial charge >= 0.3 is 0 Å². The van der Waals surface area contributed by atoms with Gasteiger partial charge < -0.3 is 9.47 Å². The van der Waals surface area contributed by atoms with Gasteiger partial charge in [-0.3, -0.25) is 4.90 Å². The van der Waals surface area contributed by atoms with E-state index in [-0.39, 0.29) is 0 Å². The highest BCUT2D eigenvalue weighted by molar-refractivity contribution is 6.30. The predicted octanol–water partition coefficient (Wildman–Crippen LogP) is 4.57. The van der Waals surface area contributed by atoms with Crippen LogP contribution in [0.5, 0.6) is 5.75 Å². The number of benzene rings is 2. The Bertz CT molecular complexity index is 642. The average Bonchev–Trinajstić information content (AvgIpc) is 3.09. The lowest BCUT2D eigenvalue weighted by Crippen LogP contribution is -2.34. The van der Waals surface area contributed by atoms with E-state index in [0.29, 0.717) is 12.6 Å². The summed E-state index contributed by atoms with van der Waals surface area (Å²) in [4.78, 5) is 2.56. The number of likely N-dealkylation sites (tertiary alicyclic amines) is 1. The number of halogens is 1. The minimum atomic E-state index is 0.533. The van der Waals surface area contributed by atoms with E-state index in [1.54, 1.807) is 7.11 Å². The van der Waals surface area contributed by atoms with Crippen LogP contribution in [0, 0.1) is 0 Å². The third-order valence-electron chi connectivity index (χ3n) is 4.84. The van der Waals surface area contributed by atoms with Gasteiger partial charge in [-0.2, -0.15) is 0 Å². The lowest BCUT2D eigenvalue weighted by Gasteiger charge is -2.24. The maximum Gasteiger partial charge on any atom is 0.118 e. The van der Waals surface area contributed by atoms with Gasteiger partial charge in [0, 0.05) is 17.6 Å². The maximum absolute atomic E-state index is 5.95. The molecule has 1 fully saturated rings. The van der Waals surface area contributed by atoms with E-state index in [4.69, 9.17) is 21.1 Å². The van der Waals surface area contributed by atoms with Gasteiger partial charge in [-0.1, -0.05) is 35.9 Å². The monoisotopic (exact) mass is 359 g/mol. The van der Waals surface area contributed by atoms with Gasteiger partial charge in [0.2, 0.25) is 0 Å². The molecule has 0 spiro atoms. The van der Waals surface area contributed by atoms with Crippen LogP contribution in [-0.4, -0.2) is 37.7 Å². The summed E-state index contributed by atoms with van der Waals surface area (Å²) >= 11 is 5.92. The Balaban J connectivity index is 1.42. The molecule has 1 heterocycles. The van der Waals surface area contributed by atoms with Crippen LogP contribution < -0.4 is 4.74 Å². The highest BCUT2D eigenvalue weighted by atomic mass is 35.5.